The van der Waals surface area contributed by atoms with E-state index in [1.165, 1.54) is 51.4 Å². The summed E-state index contributed by atoms with van der Waals surface area (Å²) in [6.07, 6.45) is 12.9. The molecular weight excluding hydrogens is 196 g/mol. The Morgan fingerprint density at radius 1 is 0.625 bits per heavy atom. The molecule has 1 N–H and O–H groups in total. The normalized spacial score (nSPS) is 12.0. The van der Waals surface area contributed by atoms with Gasteiger partial charge in [0, 0.05) is 0 Å². The molecule has 0 atom stereocenters. The van der Waals surface area contributed by atoms with E-state index in [-0.39, 0.29) is 5.60 Å². The van der Waals surface area contributed by atoms with Crippen molar-refractivity contribution in [3.63, 3.8) is 0 Å². The minimum Gasteiger partial charge on any atom is -0.390 e. The van der Waals surface area contributed by atoms with Crippen LogP contribution >= 0.6 is 0 Å². The summed E-state index contributed by atoms with van der Waals surface area (Å²) < 4.78 is 0. The molecule has 0 saturated carbocycles. The van der Waals surface area contributed by atoms with Crippen molar-refractivity contribution in [3.8, 4) is 0 Å². The van der Waals surface area contributed by atoms with Crippen LogP contribution in [0.5, 0.6) is 0 Å². The Morgan fingerprint density at radius 3 is 1.50 bits per heavy atom. The molecule has 0 radical (unpaired) electrons. The summed E-state index contributed by atoms with van der Waals surface area (Å²) in [7, 11) is 0. The quantitative estimate of drug-likeness (QED) is 0.490. The zero-order chi connectivity index (χ0) is 12.3. The first-order valence-electron chi connectivity index (χ1n) is 7.41. The second-order valence-electron chi connectivity index (χ2n) is 5.24. The van der Waals surface area contributed by atoms with Gasteiger partial charge in [0.1, 0.15) is 0 Å². The maximum Gasteiger partial charge on any atom is 0.0647 e. The fourth-order valence-electron chi connectivity index (χ4n) is 2.27. The van der Waals surface area contributed by atoms with Crippen LogP contribution in [-0.4, -0.2) is 10.7 Å². The third-order valence-electron chi connectivity index (χ3n) is 3.49. The Kier molecular flexibility index (Phi) is 10.1. The van der Waals surface area contributed by atoms with E-state index in [9.17, 15) is 5.11 Å². The SMILES string of the molecule is CCCCCCC(O)(CCCC)CCCC. The maximum atomic E-state index is 10.6. The van der Waals surface area contributed by atoms with Gasteiger partial charge in [-0.1, -0.05) is 72.1 Å². The van der Waals surface area contributed by atoms with E-state index in [4.69, 9.17) is 0 Å². The molecule has 0 bridgehead atoms. The van der Waals surface area contributed by atoms with Gasteiger partial charge in [0.05, 0.1) is 5.60 Å². The van der Waals surface area contributed by atoms with Crippen LogP contribution in [0.3, 0.4) is 0 Å². The van der Waals surface area contributed by atoms with Crippen LogP contribution in [0, 0.1) is 0 Å². The first-order valence-corrected chi connectivity index (χ1v) is 7.41. The van der Waals surface area contributed by atoms with Crippen LogP contribution in [0.25, 0.3) is 0 Å². The summed E-state index contributed by atoms with van der Waals surface area (Å²) in [5.41, 5.74) is -0.347. The first-order chi connectivity index (χ1) is 7.68. The summed E-state index contributed by atoms with van der Waals surface area (Å²) in [6, 6.07) is 0. The molecular formula is C15H32O. The van der Waals surface area contributed by atoms with Crippen molar-refractivity contribution in [2.75, 3.05) is 0 Å². The highest BCUT2D eigenvalue weighted by Gasteiger charge is 2.24. The number of aliphatic hydroxyl groups is 1. The molecule has 0 rings (SSSR count). The molecule has 0 saturated heterocycles. The van der Waals surface area contributed by atoms with Crippen molar-refractivity contribution in [2.45, 2.75) is 97.0 Å². The van der Waals surface area contributed by atoms with E-state index < -0.39 is 0 Å². The molecule has 98 valence electrons. The fraction of sp³-hybridized carbons (Fsp3) is 1.00. The molecule has 0 spiro atoms. The second-order valence-corrected chi connectivity index (χ2v) is 5.24. The zero-order valence-electron chi connectivity index (χ0n) is 11.7. The van der Waals surface area contributed by atoms with Gasteiger partial charge in [0.25, 0.3) is 0 Å². The van der Waals surface area contributed by atoms with Crippen molar-refractivity contribution in [1.82, 2.24) is 0 Å². The number of hydrogen-bond donors (Lipinski definition) is 1. The third-order valence-corrected chi connectivity index (χ3v) is 3.49. The van der Waals surface area contributed by atoms with Gasteiger partial charge < -0.3 is 5.11 Å². The molecule has 0 amide bonds. The predicted molar refractivity (Wildman–Crippen MR) is 72.8 cm³/mol. The fourth-order valence-corrected chi connectivity index (χ4v) is 2.27. The van der Waals surface area contributed by atoms with Crippen molar-refractivity contribution in [2.24, 2.45) is 0 Å². The summed E-state index contributed by atoms with van der Waals surface area (Å²) in [4.78, 5) is 0. The molecule has 0 aliphatic carbocycles. The Hall–Kier alpha value is -0.0400. The monoisotopic (exact) mass is 228 g/mol. The summed E-state index contributed by atoms with van der Waals surface area (Å²) in [5.74, 6) is 0. The van der Waals surface area contributed by atoms with Crippen LogP contribution in [0.2, 0.25) is 0 Å². The molecule has 1 nitrogen and oxygen atoms in total. The smallest absolute Gasteiger partial charge is 0.0647 e. The van der Waals surface area contributed by atoms with Gasteiger partial charge in [-0.3, -0.25) is 0 Å². The molecule has 0 aromatic heterocycles. The van der Waals surface area contributed by atoms with Gasteiger partial charge in [-0.15, -0.1) is 0 Å². The lowest BCUT2D eigenvalue weighted by Gasteiger charge is -2.28. The third kappa shape index (κ3) is 8.15. The van der Waals surface area contributed by atoms with Crippen molar-refractivity contribution >= 4 is 0 Å². The molecule has 16 heavy (non-hydrogen) atoms. The lowest BCUT2D eigenvalue weighted by Crippen LogP contribution is -2.28. The number of hydrogen-bond acceptors (Lipinski definition) is 1. The average Bonchev–Trinajstić information content (AvgIpc) is 2.30. The van der Waals surface area contributed by atoms with Gasteiger partial charge in [-0.25, -0.2) is 0 Å². The number of unbranched alkanes of at least 4 members (excludes halogenated alkanes) is 5. The highest BCUT2D eigenvalue weighted by molar-refractivity contribution is 4.78. The van der Waals surface area contributed by atoms with E-state index in [0.29, 0.717) is 0 Å². The Labute approximate surface area is 103 Å². The van der Waals surface area contributed by atoms with Crippen LogP contribution in [-0.2, 0) is 0 Å². The van der Waals surface area contributed by atoms with E-state index in [0.717, 1.165) is 19.3 Å². The molecule has 0 unspecified atom stereocenters. The molecule has 0 heterocycles. The topological polar surface area (TPSA) is 20.2 Å². The predicted octanol–water partition coefficient (Wildman–Crippen LogP) is 5.07. The van der Waals surface area contributed by atoms with Gasteiger partial charge in [0.15, 0.2) is 0 Å². The lowest BCUT2D eigenvalue weighted by atomic mass is 9.86. The summed E-state index contributed by atoms with van der Waals surface area (Å²) in [6.45, 7) is 6.65. The van der Waals surface area contributed by atoms with Crippen molar-refractivity contribution < 1.29 is 5.11 Å². The van der Waals surface area contributed by atoms with Gasteiger partial charge in [0.2, 0.25) is 0 Å². The minimum absolute atomic E-state index is 0.347. The molecule has 0 fully saturated rings. The highest BCUT2D eigenvalue weighted by Crippen LogP contribution is 2.27. The van der Waals surface area contributed by atoms with Crippen LogP contribution in [0.1, 0.15) is 91.4 Å². The average molecular weight is 228 g/mol. The Balaban J connectivity index is 3.86. The molecule has 0 aliphatic rings. The largest absolute Gasteiger partial charge is 0.390 e. The molecule has 0 aromatic rings. The van der Waals surface area contributed by atoms with Crippen LogP contribution in [0.15, 0.2) is 0 Å². The van der Waals surface area contributed by atoms with Gasteiger partial charge in [-0.05, 0) is 19.3 Å². The van der Waals surface area contributed by atoms with Crippen LogP contribution in [0.4, 0.5) is 0 Å². The Morgan fingerprint density at radius 2 is 1.06 bits per heavy atom. The van der Waals surface area contributed by atoms with E-state index >= 15 is 0 Å². The summed E-state index contributed by atoms with van der Waals surface area (Å²) >= 11 is 0. The first kappa shape index (κ1) is 16.0. The second kappa shape index (κ2) is 10.1. The van der Waals surface area contributed by atoms with E-state index in [1.807, 2.05) is 0 Å². The zero-order valence-corrected chi connectivity index (χ0v) is 11.7. The Bertz CT molecular complexity index is 134. The highest BCUT2D eigenvalue weighted by atomic mass is 16.3. The van der Waals surface area contributed by atoms with Crippen LogP contribution < -0.4 is 0 Å². The van der Waals surface area contributed by atoms with Crippen molar-refractivity contribution in [1.29, 1.82) is 0 Å². The van der Waals surface area contributed by atoms with Crippen molar-refractivity contribution in [3.05, 3.63) is 0 Å². The maximum absolute atomic E-state index is 10.6. The van der Waals surface area contributed by atoms with E-state index in [1.54, 1.807) is 0 Å². The summed E-state index contributed by atoms with van der Waals surface area (Å²) in [5, 5.41) is 10.6. The molecule has 0 aliphatic heterocycles. The van der Waals surface area contributed by atoms with Gasteiger partial charge >= 0.3 is 0 Å². The standard InChI is InChI=1S/C15H32O/c1-4-7-10-11-14-15(16,12-8-5-2)13-9-6-3/h16H,4-14H2,1-3H3. The minimum atomic E-state index is -0.347. The lowest BCUT2D eigenvalue weighted by molar-refractivity contribution is 0.00791. The van der Waals surface area contributed by atoms with E-state index in [2.05, 4.69) is 20.8 Å². The number of rotatable bonds is 11. The molecule has 0 aromatic carbocycles. The van der Waals surface area contributed by atoms with Gasteiger partial charge in [-0.2, -0.15) is 0 Å². The molecule has 1 heteroatoms.